The van der Waals surface area contributed by atoms with Gasteiger partial charge in [0.2, 0.25) is 5.76 Å². The molecule has 7 nitrogen and oxygen atoms in total. The van der Waals surface area contributed by atoms with E-state index in [-0.39, 0.29) is 34.3 Å². The lowest BCUT2D eigenvalue weighted by Gasteiger charge is -2.26. The summed E-state index contributed by atoms with van der Waals surface area (Å²) < 4.78 is 36.9. The van der Waals surface area contributed by atoms with Gasteiger partial charge in [-0.3, -0.25) is 9.59 Å². The molecule has 1 aliphatic heterocycles. The highest BCUT2D eigenvalue weighted by molar-refractivity contribution is 5.99. The topological polar surface area (TPSA) is 78.2 Å². The highest BCUT2D eigenvalue weighted by Crippen LogP contribution is 2.41. The first-order chi connectivity index (χ1) is 16.8. The van der Waals surface area contributed by atoms with E-state index in [0.29, 0.717) is 49.8 Å². The minimum Gasteiger partial charge on any atom is -0.490 e. The lowest BCUT2D eigenvalue weighted by molar-refractivity contribution is 0.0593. The van der Waals surface area contributed by atoms with Gasteiger partial charge in [-0.1, -0.05) is 6.07 Å². The maximum atomic E-state index is 14.0. The summed E-state index contributed by atoms with van der Waals surface area (Å²) >= 11 is 0. The van der Waals surface area contributed by atoms with Crippen LogP contribution >= 0.6 is 0 Å². The summed E-state index contributed by atoms with van der Waals surface area (Å²) in [6, 6.07) is 8.38. The normalized spacial score (nSPS) is 15.2. The number of fused-ring (bicyclic) bond motifs is 2. The summed E-state index contributed by atoms with van der Waals surface area (Å²) in [7, 11) is 0. The quantitative estimate of drug-likeness (QED) is 0.374. The number of hydrogen-bond donors (Lipinski definition) is 0. The van der Waals surface area contributed by atoms with Crippen molar-refractivity contribution in [2.45, 2.75) is 46.3 Å². The molecule has 1 amide bonds. The molecule has 0 radical (unpaired) electrons. The van der Waals surface area contributed by atoms with Gasteiger partial charge in [-0.05, 0) is 70.0 Å². The first-order valence-electron chi connectivity index (χ1n) is 11.9. The fraction of sp³-hybridized carbons (Fsp3) is 0.407. The second-order valence-corrected chi connectivity index (χ2v) is 8.56. The third-order valence-electron chi connectivity index (χ3n) is 5.81. The van der Waals surface area contributed by atoms with Gasteiger partial charge in [-0.25, -0.2) is 4.39 Å². The summed E-state index contributed by atoms with van der Waals surface area (Å²) in [5.41, 5.74) is 0.627. The highest BCUT2D eigenvalue weighted by Gasteiger charge is 2.42. The molecule has 1 aromatic heterocycles. The Balaban J connectivity index is 1.84. The van der Waals surface area contributed by atoms with Gasteiger partial charge in [-0.2, -0.15) is 0 Å². The number of hydrogen-bond acceptors (Lipinski definition) is 6. The molecule has 8 heteroatoms. The number of nitrogens with zero attached hydrogens (tertiary/aromatic N) is 1. The SMILES string of the molecule is CCOc1ccc(C2c3c(oc4ccc(F)cc4c3=O)C(=O)N2CCCOC(C)C)cc1OCC. The van der Waals surface area contributed by atoms with Crippen LogP contribution in [0.4, 0.5) is 4.39 Å². The minimum absolute atomic E-state index is 0.0178. The van der Waals surface area contributed by atoms with Crippen LogP contribution in [0.1, 0.15) is 61.8 Å². The van der Waals surface area contributed by atoms with Gasteiger partial charge in [0.15, 0.2) is 16.9 Å². The highest BCUT2D eigenvalue weighted by atomic mass is 19.1. The average Bonchev–Trinajstić information content (AvgIpc) is 3.10. The van der Waals surface area contributed by atoms with Crippen LogP contribution in [0.15, 0.2) is 45.6 Å². The first kappa shape index (κ1) is 24.7. The Morgan fingerprint density at radius 1 is 1.03 bits per heavy atom. The molecule has 0 bridgehead atoms. The Hall–Kier alpha value is -3.39. The van der Waals surface area contributed by atoms with Crippen LogP contribution in [0.2, 0.25) is 0 Å². The van der Waals surface area contributed by atoms with Crippen molar-refractivity contribution >= 4 is 16.9 Å². The number of carbonyl (C=O) groups excluding carboxylic acids is 1. The molecule has 0 saturated heterocycles. The van der Waals surface area contributed by atoms with Crippen molar-refractivity contribution < 1.29 is 27.8 Å². The molecule has 0 N–H and O–H groups in total. The Labute approximate surface area is 203 Å². The van der Waals surface area contributed by atoms with E-state index in [2.05, 4.69) is 0 Å². The minimum atomic E-state index is -0.713. The Morgan fingerprint density at radius 3 is 2.49 bits per heavy atom. The number of ether oxygens (including phenoxy) is 3. The van der Waals surface area contributed by atoms with Crippen LogP contribution in [0, 0.1) is 5.82 Å². The molecule has 0 fully saturated rings. The van der Waals surface area contributed by atoms with E-state index in [9.17, 15) is 14.0 Å². The molecule has 35 heavy (non-hydrogen) atoms. The second kappa shape index (κ2) is 10.5. The van der Waals surface area contributed by atoms with Crippen LogP contribution in [-0.2, 0) is 4.74 Å². The lowest BCUT2D eigenvalue weighted by atomic mass is 9.98. The molecule has 1 atom stereocenters. The predicted octanol–water partition coefficient (Wildman–Crippen LogP) is 5.09. The van der Waals surface area contributed by atoms with Crippen molar-refractivity contribution in [3.05, 3.63) is 69.3 Å². The number of benzene rings is 2. The molecular formula is C27H30FNO6. The van der Waals surface area contributed by atoms with Crippen molar-refractivity contribution in [3.63, 3.8) is 0 Å². The van der Waals surface area contributed by atoms with E-state index >= 15 is 0 Å². The molecule has 1 unspecified atom stereocenters. The standard InChI is InChI=1S/C27H30FNO6/c1-5-32-21-10-8-17(14-22(21)33-6-2)24-23-25(30)19-15-18(28)9-11-20(19)35-26(23)27(31)29(24)12-7-13-34-16(3)4/h8-11,14-16,24H,5-7,12-13H2,1-4H3. The van der Waals surface area contributed by atoms with E-state index in [1.807, 2.05) is 33.8 Å². The zero-order chi connectivity index (χ0) is 25.1. The fourth-order valence-corrected chi connectivity index (χ4v) is 4.36. The van der Waals surface area contributed by atoms with E-state index in [4.69, 9.17) is 18.6 Å². The molecular weight excluding hydrogens is 453 g/mol. The molecule has 2 aromatic carbocycles. The molecule has 4 rings (SSSR count). The Bertz CT molecular complexity index is 1280. The van der Waals surface area contributed by atoms with Gasteiger partial charge in [0, 0.05) is 13.2 Å². The summed E-state index contributed by atoms with van der Waals surface area (Å²) in [6.45, 7) is 9.34. The zero-order valence-electron chi connectivity index (χ0n) is 20.4. The van der Waals surface area contributed by atoms with Crippen LogP contribution in [0.3, 0.4) is 0 Å². The van der Waals surface area contributed by atoms with Gasteiger partial charge in [0.05, 0.1) is 36.3 Å². The van der Waals surface area contributed by atoms with Gasteiger partial charge in [0.1, 0.15) is 11.4 Å². The van der Waals surface area contributed by atoms with E-state index < -0.39 is 17.3 Å². The van der Waals surface area contributed by atoms with Crippen molar-refractivity contribution in [2.75, 3.05) is 26.4 Å². The van der Waals surface area contributed by atoms with E-state index in [1.54, 1.807) is 17.0 Å². The van der Waals surface area contributed by atoms with Crippen LogP contribution in [0.25, 0.3) is 11.0 Å². The Kier molecular flexibility index (Phi) is 7.40. The molecule has 3 aromatic rings. The number of carbonyl (C=O) groups is 1. The molecule has 186 valence electrons. The van der Waals surface area contributed by atoms with Gasteiger partial charge >= 0.3 is 0 Å². The largest absolute Gasteiger partial charge is 0.490 e. The second-order valence-electron chi connectivity index (χ2n) is 8.56. The van der Waals surface area contributed by atoms with Crippen LogP contribution in [-0.4, -0.2) is 43.3 Å². The van der Waals surface area contributed by atoms with Crippen molar-refractivity contribution in [3.8, 4) is 11.5 Å². The molecule has 0 spiro atoms. The van der Waals surface area contributed by atoms with Crippen molar-refractivity contribution in [2.24, 2.45) is 0 Å². The summed E-state index contributed by atoms with van der Waals surface area (Å²) in [6.07, 6.45) is 0.645. The Morgan fingerprint density at radius 2 is 1.77 bits per heavy atom. The maximum absolute atomic E-state index is 14.0. The average molecular weight is 484 g/mol. The molecule has 0 aliphatic carbocycles. The first-order valence-corrected chi connectivity index (χ1v) is 11.9. The summed E-state index contributed by atoms with van der Waals surface area (Å²) in [4.78, 5) is 28.6. The molecule has 0 saturated carbocycles. The number of amides is 1. The van der Waals surface area contributed by atoms with Gasteiger partial charge in [0.25, 0.3) is 5.91 Å². The zero-order valence-corrected chi connectivity index (χ0v) is 20.4. The summed E-state index contributed by atoms with van der Waals surface area (Å²) in [5.74, 6) is 0.146. The van der Waals surface area contributed by atoms with E-state index in [1.165, 1.54) is 12.1 Å². The third kappa shape index (κ3) is 4.89. The van der Waals surface area contributed by atoms with Crippen LogP contribution < -0.4 is 14.9 Å². The van der Waals surface area contributed by atoms with Crippen molar-refractivity contribution in [1.82, 2.24) is 4.90 Å². The molecule has 2 heterocycles. The summed E-state index contributed by atoms with van der Waals surface area (Å²) in [5, 5.41) is 0.0995. The lowest BCUT2D eigenvalue weighted by Crippen LogP contribution is -2.31. The van der Waals surface area contributed by atoms with Gasteiger partial charge in [-0.15, -0.1) is 0 Å². The smallest absolute Gasteiger partial charge is 0.290 e. The monoisotopic (exact) mass is 483 g/mol. The van der Waals surface area contributed by atoms with Crippen LogP contribution in [0.5, 0.6) is 11.5 Å². The predicted molar refractivity (Wildman–Crippen MR) is 130 cm³/mol. The van der Waals surface area contributed by atoms with E-state index in [0.717, 1.165) is 6.07 Å². The van der Waals surface area contributed by atoms with Gasteiger partial charge < -0.3 is 23.5 Å². The number of rotatable bonds is 10. The maximum Gasteiger partial charge on any atom is 0.290 e. The molecule has 1 aliphatic rings. The third-order valence-corrected chi connectivity index (χ3v) is 5.81. The number of halogens is 1. The van der Waals surface area contributed by atoms with Crippen molar-refractivity contribution in [1.29, 1.82) is 0 Å². The fourth-order valence-electron chi connectivity index (χ4n) is 4.36.